The number of carbonyl (C=O) groups is 1. The number of nitrogens with zero attached hydrogens (tertiary/aromatic N) is 2. The lowest BCUT2D eigenvalue weighted by Crippen LogP contribution is -2.32. The monoisotopic (exact) mass is 398 g/mol. The second-order valence-electron chi connectivity index (χ2n) is 6.94. The Kier molecular flexibility index (Phi) is 5.22. The van der Waals surface area contributed by atoms with Gasteiger partial charge in [0.15, 0.2) is 3.95 Å². The number of hydrogen-bond donors (Lipinski definition) is 2. The van der Waals surface area contributed by atoms with Gasteiger partial charge in [-0.25, -0.2) is 0 Å². The third kappa shape index (κ3) is 4.04. The van der Waals surface area contributed by atoms with Gasteiger partial charge >= 0.3 is 0 Å². The maximum atomic E-state index is 12.6. The highest BCUT2D eigenvalue weighted by Crippen LogP contribution is 2.30. The Morgan fingerprint density at radius 2 is 2.22 bits per heavy atom. The molecule has 140 valence electrons. The van der Waals surface area contributed by atoms with E-state index in [-0.39, 0.29) is 11.9 Å². The summed E-state index contributed by atoms with van der Waals surface area (Å²) in [5.74, 6) is 0.0389. The molecule has 0 radical (unpaired) electrons. The fraction of sp³-hybridized carbons (Fsp3) is 0.350. The first-order chi connectivity index (χ1) is 13.1. The summed E-state index contributed by atoms with van der Waals surface area (Å²) in [5, 5.41) is 7.80. The predicted molar refractivity (Wildman–Crippen MR) is 110 cm³/mol. The summed E-state index contributed by atoms with van der Waals surface area (Å²) in [4.78, 5) is 16.7. The minimum Gasteiger partial charge on any atom is -0.349 e. The summed E-state index contributed by atoms with van der Waals surface area (Å²) >= 11 is 6.64. The molecule has 1 aliphatic rings. The number of aromatic nitrogens is 3. The Morgan fingerprint density at radius 1 is 1.41 bits per heavy atom. The molecular weight excluding hydrogens is 376 g/mol. The smallest absolute Gasteiger partial charge is 0.225 e. The standard InChI is InChI=1S/C20H22N4OS2/c1-13-18(27-20(26)22-13)10-19(25)23-16-8-5-9-17-15(16)11-21-24(17)12-14-6-3-2-4-7-14/h2-4,6-7,11,16H,5,8-10,12H2,1H3,(H,22,26)(H,23,25)/t16-/m0/s1. The molecular formula is C20H22N4OS2. The quantitative estimate of drug-likeness (QED) is 0.636. The zero-order valence-corrected chi connectivity index (χ0v) is 16.8. The lowest BCUT2D eigenvalue weighted by molar-refractivity contribution is -0.121. The summed E-state index contributed by atoms with van der Waals surface area (Å²) < 4.78 is 2.79. The van der Waals surface area contributed by atoms with Crippen molar-refractivity contribution < 1.29 is 4.79 Å². The summed E-state index contributed by atoms with van der Waals surface area (Å²) in [6, 6.07) is 10.4. The number of thiazole rings is 1. The molecule has 5 nitrogen and oxygen atoms in total. The minimum atomic E-state index is 0.0389. The molecule has 1 aromatic carbocycles. The van der Waals surface area contributed by atoms with Crippen molar-refractivity contribution in [3.8, 4) is 0 Å². The number of aryl methyl sites for hydroxylation is 1. The second kappa shape index (κ2) is 7.78. The van der Waals surface area contributed by atoms with E-state index in [4.69, 9.17) is 12.2 Å². The Hall–Kier alpha value is -2.25. The number of H-pyrrole nitrogens is 1. The van der Waals surface area contributed by atoms with Crippen molar-refractivity contribution in [3.63, 3.8) is 0 Å². The molecule has 0 saturated heterocycles. The largest absolute Gasteiger partial charge is 0.349 e. The molecule has 2 heterocycles. The predicted octanol–water partition coefficient (Wildman–Crippen LogP) is 4.10. The van der Waals surface area contributed by atoms with Gasteiger partial charge in [-0.3, -0.25) is 9.48 Å². The van der Waals surface area contributed by atoms with Crippen LogP contribution in [-0.2, 0) is 24.2 Å². The van der Waals surface area contributed by atoms with Gasteiger partial charge in [0.05, 0.1) is 25.2 Å². The number of nitrogens with one attached hydrogen (secondary N) is 2. The number of hydrogen-bond acceptors (Lipinski definition) is 4. The molecule has 0 unspecified atom stereocenters. The summed E-state index contributed by atoms with van der Waals surface area (Å²) in [6.45, 7) is 2.73. The van der Waals surface area contributed by atoms with Gasteiger partial charge in [-0.2, -0.15) is 5.10 Å². The van der Waals surface area contributed by atoms with Gasteiger partial charge in [-0.15, -0.1) is 11.3 Å². The van der Waals surface area contributed by atoms with Crippen LogP contribution in [0, 0.1) is 10.9 Å². The molecule has 0 aliphatic heterocycles. The van der Waals surface area contributed by atoms with E-state index >= 15 is 0 Å². The van der Waals surface area contributed by atoms with Gasteiger partial charge in [0.1, 0.15) is 0 Å². The van der Waals surface area contributed by atoms with E-state index < -0.39 is 0 Å². The summed E-state index contributed by atoms with van der Waals surface area (Å²) in [5.41, 5.74) is 4.62. The fourth-order valence-electron chi connectivity index (χ4n) is 3.66. The SMILES string of the molecule is Cc1[nH]c(=S)sc1CC(=O)N[C@H]1CCCc2c1cnn2Cc1ccccc1. The molecule has 1 amide bonds. The Balaban J connectivity index is 1.48. The molecule has 1 aliphatic carbocycles. The first-order valence-corrected chi connectivity index (χ1v) is 10.4. The van der Waals surface area contributed by atoms with E-state index in [1.165, 1.54) is 22.6 Å². The van der Waals surface area contributed by atoms with E-state index in [9.17, 15) is 4.79 Å². The molecule has 4 rings (SSSR count). The zero-order chi connectivity index (χ0) is 18.8. The van der Waals surface area contributed by atoms with Gasteiger partial charge in [0, 0.05) is 21.8 Å². The van der Waals surface area contributed by atoms with Crippen molar-refractivity contribution in [2.75, 3.05) is 0 Å². The molecule has 0 bridgehead atoms. The van der Waals surface area contributed by atoms with Crippen molar-refractivity contribution in [2.24, 2.45) is 0 Å². The lowest BCUT2D eigenvalue weighted by atomic mass is 9.92. The van der Waals surface area contributed by atoms with Crippen molar-refractivity contribution in [1.82, 2.24) is 20.1 Å². The highest BCUT2D eigenvalue weighted by Gasteiger charge is 2.26. The van der Waals surface area contributed by atoms with Gasteiger partial charge in [0.2, 0.25) is 5.91 Å². The Morgan fingerprint density at radius 3 is 2.96 bits per heavy atom. The van der Waals surface area contributed by atoms with Crippen LogP contribution in [0.1, 0.15) is 46.3 Å². The molecule has 1 atom stereocenters. The molecule has 2 aromatic heterocycles. The van der Waals surface area contributed by atoms with Crippen LogP contribution in [0.5, 0.6) is 0 Å². The van der Waals surface area contributed by atoms with Crippen LogP contribution >= 0.6 is 23.6 Å². The topological polar surface area (TPSA) is 62.7 Å². The summed E-state index contributed by atoms with van der Waals surface area (Å²) in [7, 11) is 0. The first-order valence-electron chi connectivity index (χ1n) is 9.16. The number of fused-ring (bicyclic) bond motifs is 1. The van der Waals surface area contributed by atoms with E-state index in [0.29, 0.717) is 6.42 Å². The highest BCUT2D eigenvalue weighted by atomic mass is 32.1. The van der Waals surface area contributed by atoms with E-state index in [1.54, 1.807) is 0 Å². The maximum Gasteiger partial charge on any atom is 0.225 e. The van der Waals surface area contributed by atoms with Crippen molar-refractivity contribution in [2.45, 2.75) is 45.2 Å². The molecule has 3 aromatic rings. The van der Waals surface area contributed by atoms with Crippen LogP contribution in [-0.4, -0.2) is 20.7 Å². The van der Waals surface area contributed by atoms with Gasteiger partial charge < -0.3 is 10.3 Å². The average molecular weight is 399 g/mol. The highest BCUT2D eigenvalue weighted by molar-refractivity contribution is 7.73. The fourth-order valence-corrected chi connectivity index (χ4v) is 4.95. The number of amides is 1. The van der Waals surface area contributed by atoms with E-state index in [1.807, 2.05) is 31.3 Å². The van der Waals surface area contributed by atoms with Crippen LogP contribution in [0.3, 0.4) is 0 Å². The third-order valence-electron chi connectivity index (χ3n) is 5.02. The molecule has 0 spiro atoms. The number of aromatic amines is 1. The van der Waals surface area contributed by atoms with Gasteiger partial charge in [0.25, 0.3) is 0 Å². The Labute approximate surface area is 167 Å². The molecule has 7 heteroatoms. The Bertz CT molecular complexity index is 1000. The normalized spacial score (nSPS) is 16.1. The second-order valence-corrected chi connectivity index (χ2v) is 8.71. The summed E-state index contributed by atoms with van der Waals surface area (Å²) in [6.07, 6.45) is 5.31. The van der Waals surface area contributed by atoms with Gasteiger partial charge in [-0.1, -0.05) is 30.3 Å². The molecule has 0 saturated carbocycles. The molecule has 0 fully saturated rings. The van der Waals surface area contributed by atoms with Crippen LogP contribution < -0.4 is 5.32 Å². The van der Waals surface area contributed by atoms with E-state index in [2.05, 4.69) is 32.2 Å². The van der Waals surface area contributed by atoms with Crippen LogP contribution in [0.25, 0.3) is 0 Å². The zero-order valence-electron chi connectivity index (χ0n) is 15.2. The van der Waals surface area contributed by atoms with Crippen LogP contribution in [0.15, 0.2) is 36.5 Å². The number of rotatable bonds is 5. The van der Waals surface area contributed by atoms with Crippen molar-refractivity contribution >= 4 is 29.5 Å². The van der Waals surface area contributed by atoms with Crippen LogP contribution in [0.2, 0.25) is 0 Å². The number of carbonyl (C=O) groups excluding carboxylic acids is 1. The lowest BCUT2D eigenvalue weighted by Gasteiger charge is -2.24. The first kappa shape index (κ1) is 18.1. The third-order valence-corrected chi connectivity index (χ3v) is 6.35. The number of benzene rings is 1. The van der Waals surface area contributed by atoms with E-state index in [0.717, 1.165) is 45.9 Å². The molecule has 27 heavy (non-hydrogen) atoms. The minimum absolute atomic E-state index is 0.0389. The van der Waals surface area contributed by atoms with Crippen molar-refractivity contribution in [1.29, 1.82) is 0 Å². The van der Waals surface area contributed by atoms with Gasteiger partial charge in [-0.05, 0) is 44.0 Å². The molecule has 2 N–H and O–H groups in total. The maximum absolute atomic E-state index is 12.6. The van der Waals surface area contributed by atoms with Crippen LogP contribution in [0.4, 0.5) is 0 Å². The van der Waals surface area contributed by atoms with Crippen molar-refractivity contribution in [3.05, 3.63) is 67.9 Å². The average Bonchev–Trinajstić information content (AvgIpc) is 3.19.